The van der Waals surface area contributed by atoms with Crippen LogP contribution >= 0.6 is 0 Å². The number of rotatable bonds is 3. The van der Waals surface area contributed by atoms with E-state index >= 15 is 0 Å². The van der Waals surface area contributed by atoms with Crippen LogP contribution < -0.4 is 4.74 Å². The number of carboxylic acid groups (broad SMARTS) is 1. The molecule has 0 fully saturated rings. The van der Waals surface area contributed by atoms with Crippen molar-refractivity contribution in [3.05, 3.63) is 53.6 Å². The third-order valence-electron chi connectivity index (χ3n) is 2.89. The Balaban J connectivity index is 2.58. The van der Waals surface area contributed by atoms with E-state index in [1.807, 2.05) is 36.4 Å². The minimum Gasteiger partial charge on any atom is -0.496 e. The lowest BCUT2D eigenvalue weighted by molar-refractivity contribution is 0.0696. The van der Waals surface area contributed by atoms with E-state index in [-0.39, 0.29) is 0 Å². The van der Waals surface area contributed by atoms with Crippen LogP contribution in [-0.2, 0) is 0 Å². The second-order valence-electron chi connectivity index (χ2n) is 4.04. The molecule has 0 amide bonds. The van der Waals surface area contributed by atoms with Crippen LogP contribution in [-0.4, -0.2) is 18.2 Å². The van der Waals surface area contributed by atoms with Gasteiger partial charge in [-0.25, -0.2) is 4.79 Å². The zero-order valence-corrected chi connectivity index (χ0v) is 10.3. The van der Waals surface area contributed by atoms with Gasteiger partial charge < -0.3 is 9.84 Å². The van der Waals surface area contributed by atoms with Crippen molar-refractivity contribution in [2.75, 3.05) is 7.11 Å². The molecule has 2 rings (SSSR count). The highest BCUT2D eigenvalue weighted by Crippen LogP contribution is 2.30. The van der Waals surface area contributed by atoms with Crippen molar-refractivity contribution < 1.29 is 14.6 Å². The smallest absolute Gasteiger partial charge is 0.335 e. The lowest BCUT2D eigenvalue weighted by atomic mass is 9.99. The third kappa shape index (κ3) is 2.20. The third-order valence-corrected chi connectivity index (χ3v) is 2.89. The molecule has 1 N–H and O–H groups in total. The average Bonchev–Trinajstić information content (AvgIpc) is 2.39. The molecule has 0 unspecified atom stereocenters. The van der Waals surface area contributed by atoms with Crippen LogP contribution in [0, 0.1) is 6.92 Å². The minimum absolute atomic E-state index is 0.318. The highest BCUT2D eigenvalue weighted by molar-refractivity contribution is 5.91. The summed E-state index contributed by atoms with van der Waals surface area (Å²) >= 11 is 0. The van der Waals surface area contributed by atoms with Crippen LogP contribution in [0.15, 0.2) is 42.5 Å². The first-order valence-electron chi connectivity index (χ1n) is 5.61. The number of carbonyl (C=O) groups is 1. The van der Waals surface area contributed by atoms with Crippen molar-refractivity contribution in [2.45, 2.75) is 6.92 Å². The molecule has 2 aromatic carbocycles. The highest BCUT2D eigenvalue weighted by atomic mass is 16.5. The molecular weight excluding hydrogens is 228 g/mol. The quantitative estimate of drug-likeness (QED) is 0.897. The fourth-order valence-corrected chi connectivity index (χ4v) is 1.90. The van der Waals surface area contributed by atoms with Gasteiger partial charge in [-0.05, 0) is 30.2 Å². The summed E-state index contributed by atoms with van der Waals surface area (Å²) in [4.78, 5) is 11.1. The molecule has 2 aromatic rings. The molecule has 0 aromatic heterocycles. The van der Waals surface area contributed by atoms with E-state index in [9.17, 15) is 4.79 Å². The number of hydrogen-bond donors (Lipinski definition) is 1. The Kier molecular flexibility index (Phi) is 3.33. The summed E-state index contributed by atoms with van der Waals surface area (Å²) < 4.78 is 5.28. The standard InChI is InChI=1S/C15H14O3/c1-10-7-8-11(9-13(10)15(16)17)12-5-3-4-6-14(12)18-2/h3-9H,1-2H3,(H,16,17). The number of benzene rings is 2. The second-order valence-corrected chi connectivity index (χ2v) is 4.04. The summed E-state index contributed by atoms with van der Waals surface area (Å²) in [6, 6.07) is 12.9. The Morgan fingerprint density at radius 1 is 1.17 bits per heavy atom. The molecule has 92 valence electrons. The van der Waals surface area contributed by atoms with Gasteiger partial charge in [0.25, 0.3) is 0 Å². The molecule has 0 saturated heterocycles. The minimum atomic E-state index is -0.913. The van der Waals surface area contributed by atoms with Crippen molar-refractivity contribution in [1.82, 2.24) is 0 Å². The molecule has 0 heterocycles. The Labute approximate surface area is 106 Å². The van der Waals surface area contributed by atoms with Crippen LogP contribution in [0.1, 0.15) is 15.9 Å². The molecule has 0 aliphatic carbocycles. The molecule has 0 spiro atoms. The molecule has 0 aliphatic heterocycles. The molecule has 18 heavy (non-hydrogen) atoms. The predicted octanol–water partition coefficient (Wildman–Crippen LogP) is 3.37. The number of methoxy groups -OCH3 is 1. The number of carboxylic acids is 1. The van der Waals surface area contributed by atoms with E-state index in [1.165, 1.54) is 0 Å². The zero-order valence-electron chi connectivity index (χ0n) is 10.3. The van der Waals surface area contributed by atoms with Gasteiger partial charge in [0, 0.05) is 5.56 Å². The number of aryl methyl sites for hydroxylation is 1. The maximum atomic E-state index is 11.1. The van der Waals surface area contributed by atoms with Gasteiger partial charge in [0.05, 0.1) is 12.7 Å². The van der Waals surface area contributed by atoms with E-state index in [0.29, 0.717) is 5.56 Å². The maximum Gasteiger partial charge on any atom is 0.335 e. The summed E-state index contributed by atoms with van der Waals surface area (Å²) in [6.45, 7) is 1.79. The van der Waals surface area contributed by atoms with Gasteiger partial charge in [0.15, 0.2) is 0 Å². The van der Waals surface area contributed by atoms with E-state index in [2.05, 4.69) is 0 Å². The monoisotopic (exact) mass is 242 g/mol. The second kappa shape index (κ2) is 4.92. The van der Waals surface area contributed by atoms with Gasteiger partial charge in [-0.15, -0.1) is 0 Å². The van der Waals surface area contributed by atoms with Crippen LogP contribution in [0.25, 0.3) is 11.1 Å². The molecule has 0 radical (unpaired) electrons. The Bertz CT molecular complexity index is 588. The molecule has 0 bridgehead atoms. The first kappa shape index (κ1) is 12.2. The normalized spacial score (nSPS) is 10.1. The van der Waals surface area contributed by atoms with Crippen molar-refractivity contribution in [3.8, 4) is 16.9 Å². The molecular formula is C15H14O3. The van der Waals surface area contributed by atoms with Gasteiger partial charge in [-0.2, -0.15) is 0 Å². The van der Waals surface area contributed by atoms with E-state index in [4.69, 9.17) is 9.84 Å². The van der Waals surface area contributed by atoms with Crippen LogP contribution in [0.2, 0.25) is 0 Å². The van der Waals surface area contributed by atoms with E-state index < -0.39 is 5.97 Å². The average molecular weight is 242 g/mol. The predicted molar refractivity (Wildman–Crippen MR) is 70.1 cm³/mol. The van der Waals surface area contributed by atoms with Crippen molar-refractivity contribution >= 4 is 5.97 Å². The largest absolute Gasteiger partial charge is 0.496 e. The SMILES string of the molecule is COc1ccccc1-c1ccc(C)c(C(=O)O)c1. The first-order chi connectivity index (χ1) is 8.63. The topological polar surface area (TPSA) is 46.5 Å². The van der Waals surface area contributed by atoms with Crippen LogP contribution in [0.4, 0.5) is 0 Å². The maximum absolute atomic E-state index is 11.1. The fourth-order valence-electron chi connectivity index (χ4n) is 1.90. The van der Waals surface area contributed by atoms with Crippen molar-refractivity contribution in [3.63, 3.8) is 0 Å². The van der Waals surface area contributed by atoms with Crippen molar-refractivity contribution in [1.29, 1.82) is 0 Å². The first-order valence-corrected chi connectivity index (χ1v) is 5.61. The lowest BCUT2D eigenvalue weighted by Crippen LogP contribution is -2.00. The van der Waals surface area contributed by atoms with Gasteiger partial charge >= 0.3 is 5.97 Å². The summed E-state index contributed by atoms with van der Waals surface area (Å²) in [6.07, 6.45) is 0. The molecule has 3 nitrogen and oxygen atoms in total. The Morgan fingerprint density at radius 2 is 1.89 bits per heavy atom. The van der Waals surface area contributed by atoms with E-state index in [0.717, 1.165) is 22.4 Å². The fraction of sp³-hybridized carbons (Fsp3) is 0.133. The molecule has 3 heteroatoms. The summed E-state index contributed by atoms with van der Waals surface area (Å²) in [5, 5.41) is 9.13. The van der Waals surface area contributed by atoms with Crippen LogP contribution in [0.5, 0.6) is 5.75 Å². The van der Waals surface area contributed by atoms with Gasteiger partial charge in [-0.1, -0.05) is 30.3 Å². The molecule has 0 aliphatic rings. The summed E-state index contributed by atoms with van der Waals surface area (Å²) in [5.74, 6) is -0.179. The Hall–Kier alpha value is -2.29. The number of hydrogen-bond acceptors (Lipinski definition) is 2. The zero-order chi connectivity index (χ0) is 13.1. The van der Waals surface area contributed by atoms with Gasteiger partial charge in [-0.3, -0.25) is 0 Å². The summed E-state index contributed by atoms with van der Waals surface area (Å²) in [7, 11) is 1.60. The number of aromatic carboxylic acids is 1. The highest BCUT2D eigenvalue weighted by Gasteiger charge is 2.11. The number of ether oxygens (including phenoxy) is 1. The molecule has 0 saturated carbocycles. The molecule has 0 atom stereocenters. The van der Waals surface area contributed by atoms with Gasteiger partial charge in [0.1, 0.15) is 5.75 Å². The Morgan fingerprint density at radius 3 is 2.56 bits per heavy atom. The van der Waals surface area contributed by atoms with Crippen LogP contribution in [0.3, 0.4) is 0 Å². The summed E-state index contributed by atoms with van der Waals surface area (Å²) in [5.41, 5.74) is 2.80. The van der Waals surface area contributed by atoms with Crippen molar-refractivity contribution in [2.24, 2.45) is 0 Å². The van der Waals surface area contributed by atoms with Gasteiger partial charge in [0.2, 0.25) is 0 Å². The lowest BCUT2D eigenvalue weighted by Gasteiger charge is -2.10. The number of para-hydroxylation sites is 1. The van der Waals surface area contributed by atoms with E-state index in [1.54, 1.807) is 20.1 Å².